The van der Waals surface area contributed by atoms with Crippen LogP contribution < -0.4 is 15.4 Å². The topological polar surface area (TPSA) is 68.2 Å². The van der Waals surface area contributed by atoms with Gasteiger partial charge in [-0.1, -0.05) is 6.07 Å². The SMILES string of the molecule is COc1c(F)cccc1Nc1c(Br)nn2c1C(=O)NCC2. The molecular formula is C13H12BrFN4O2. The largest absolute Gasteiger partial charge is 0.492 e. The molecule has 1 aromatic carbocycles. The lowest BCUT2D eigenvalue weighted by atomic mass is 10.2. The van der Waals surface area contributed by atoms with Crippen LogP contribution in [0.2, 0.25) is 0 Å². The van der Waals surface area contributed by atoms with Gasteiger partial charge in [0.2, 0.25) is 0 Å². The minimum atomic E-state index is -0.482. The molecule has 1 aromatic heterocycles. The lowest BCUT2D eigenvalue weighted by Gasteiger charge is -2.16. The first kappa shape index (κ1) is 13.9. The van der Waals surface area contributed by atoms with Gasteiger partial charge in [-0.05, 0) is 28.1 Å². The number of aromatic nitrogens is 2. The van der Waals surface area contributed by atoms with E-state index in [-0.39, 0.29) is 11.7 Å². The number of nitrogens with zero attached hydrogens (tertiary/aromatic N) is 2. The third kappa shape index (κ3) is 2.35. The summed E-state index contributed by atoms with van der Waals surface area (Å²) < 4.78 is 20.9. The molecule has 1 aliphatic rings. The number of anilines is 2. The molecule has 2 aromatic rings. The molecule has 0 saturated carbocycles. The Hall–Kier alpha value is -2.09. The van der Waals surface area contributed by atoms with Gasteiger partial charge in [0.05, 0.1) is 19.3 Å². The zero-order valence-electron chi connectivity index (χ0n) is 11.1. The summed E-state index contributed by atoms with van der Waals surface area (Å²) in [6.07, 6.45) is 0. The number of halogens is 2. The van der Waals surface area contributed by atoms with Gasteiger partial charge in [0, 0.05) is 6.54 Å². The van der Waals surface area contributed by atoms with Crippen molar-refractivity contribution in [2.75, 3.05) is 19.0 Å². The Kier molecular flexibility index (Phi) is 3.54. The summed E-state index contributed by atoms with van der Waals surface area (Å²) >= 11 is 3.32. The number of para-hydroxylation sites is 1. The van der Waals surface area contributed by atoms with Crippen LogP contribution in [-0.2, 0) is 6.54 Å². The van der Waals surface area contributed by atoms with E-state index in [0.29, 0.717) is 34.8 Å². The smallest absolute Gasteiger partial charge is 0.271 e. The molecule has 6 nitrogen and oxygen atoms in total. The fourth-order valence-corrected chi connectivity index (χ4v) is 2.72. The maximum absolute atomic E-state index is 13.7. The van der Waals surface area contributed by atoms with Crippen LogP contribution in [0.4, 0.5) is 15.8 Å². The van der Waals surface area contributed by atoms with E-state index in [2.05, 4.69) is 31.7 Å². The molecule has 0 atom stereocenters. The third-order valence-electron chi connectivity index (χ3n) is 3.16. The van der Waals surface area contributed by atoms with Gasteiger partial charge in [-0.3, -0.25) is 9.48 Å². The van der Waals surface area contributed by atoms with E-state index in [1.807, 2.05) is 0 Å². The summed E-state index contributed by atoms with van der Waals surface area (Å²) in [7, 11) is 1.39. The van der Waals surface area contributed by atoms with Crippen LogP contribution in [0.5, 0.6) is 5.75 Å². The average Bonchev–Trinajstić information content (AvgIpc) is 2.77. The van der Waals surface area contributed by atoms with Crippen LogP contribution in [0.25, 0.3) is 0 Å². The summed E-state index contributed by atoms with van der Waals surface area (Å²) in [6.45, 7) is 1.12. The van der Waals surface area contributed by atoms with Gasteiger partial charge in [-0.25, -0.2) is 4.39 Å². The van der Waals surface area contributed by atoms with Crippen molar-refractivity contribution in [1.29, 1.82) is 0 Å². The average molecular weight is 355 g/mol. The first-order valence-corrected chi connectivity index (χ1v) is 7.05. The zero-order chi connectivity index (χ0) is 15.0. The number of methoxy groups -OCH3 is 1. The minimum absolute atomic E-state index is 0.0839. The number of benzene rings is 1. The van der Waals surface area contributed by atoms with Crippen LogP contribution in [0.3, 0.4) is 0 Å². The van der Waals surface area contributed by atoms with E-state index in [0.717, 1.165) is 0 Å². The second-order valence-electron chi connectivity index (χ2n) is 4.44. The van der Waals surface area contributed by atoms with Crippen LogP contribution >= 0.6 is 15.9 Å². The van der Waals surface area contributed by atoms with Crippen molar-refractivity contribution in [1.82, 2.24) is 15.1 Å². The number of carbonyl (C=O) groups excluding carboxylic acids is 1. The predicted molar refractivity (Wildman–Crippen MR) is 78.5 cm³/mol. The van der Waals surface area contributed by atoms with Crippen molar-refractivity contribution in [3.8, 4) is 5.75 Å². The molecule has 1 amide bonds. The van der Waals surface area contributed by atoms with E-state index in [1.54, 1.807) is 16.8 Å². The zero-order valence-corrected chi connectivity index (χ0v) is 12.7. The highest BCUT2D eigenvalue weighted by Crippen LogP contribution is 2.35. The number of rotatable bonds is 3. The Morgan fingerprint density at radius 1 is 1.52 bits per heavy atom. The molecule has 0 aliphatic carbocycles. The fraction of sp³-hybridized carbons (Fsp3) is 0.231. The molecule has 21 heavy (non-hydrogen) atoms. The number of amides is 1. The number of ether oxygens (including phenoxy) is 1. The lowest BCUT2D eigenvalue weighted by molar-refractivity contribution is 0.0925. The predicted octanol–water partition coefficient (Wildman–Crippen LogP) is 2.28. The number of hydrogen-bond donors (Lipinski definition) is 2. The molecule has 0 fully saturated rings. The van der Waals surface area contributed by atoms with Crippen molar-refractivity contribution in [2.45, 2.75) is 6.54 Å². The van der Waals surface area contributed by atoms with Crippen molar-refractivity contribution in [3.05, 3.63) is 34.3 Å². The van der Waals surface area contributed by atoms with Gasteiger partial charge in [0.15, 0.2) is 21.9 Å². The van der Waals surface area contributed by atoms with Crippen molar-refractivity contribution in [2.24, 2.45) is 0 Å². The van der Waals surface area contributed by atoms with Crippen molar-refractivity contribution >= 4 is 33.2 Å². The number of nitrogens with one attached hydrogen (secondary N) is 2. The highest BCUT2D eigenvalue weighted by atomic mass is 79.9. The fourth-order valence-electron chi connectivity index (χ4n) is 2.24. The van der Waals surface area contributed by atoms with Gasteiger partial charge < -0.3 is 15.4 Å². The molecule has 2 heterocycles. The van der Waals surface area contributed by atoms with E-state index in [9.17, 15) is 9.18 Å². The molecule has 1 aliphatic heterocycles. The van der Waals surface area contributed by atoms with Gasteiger partial charge in [0.1, 0.15) is 5.69 Å². The third-order valence-corrected chi connectivity index (χ3v) is 3.72. The Morgan fingerprint density at radius 2 is 2.33 bits per heavy atom. The summed E-state index contributed by atoms with van der Waals surface area (Å²) in [5, 5.41) is 10.0. The molecule has 0 unspecified atom stereocenters. The van der Waals surface area contributed by atoms with Gasteiger partial charge in [-0.15, -0.1) is 0 Å². The molecule has 0 spiro atoms. The number of hydrogen-bond acceptors (Lipinski definition) is 4. The summed E-state index contributed by atoms with van der Waals surface area (Å²) in [4.78, 5) is 12.0. The van der Waals surface area contributed by atoms with Crippen molar-refractivity contribution < 1.29 is 13.9 Å². The first-order chi connectivity index (χ1) is 10.1. The van der Waals surface area contributed by atoms with E-state index in [4.69, 9.17) is 4.74 Å². The first-order valence-electron chi connectivity index (χ1n) is 6.26. The highest BCUT2D eigenvalue weighted by molar-refractivity contribution is 9.10. The Bertz CT molecular complexity index is 716. The Morgan fingerprint density at radius 3 is 3.10 bits per heavy atom. The normalized spacial score (nSPS) is 13.6. The van der Waals surface area contributed by atoms with Crippen LogP contribution in [0, 0.1) is 5.82 Å². The minimum Gasteiger partial charge on any atom is -0.492 e. The molecule has 8 heteroatoms. The Labute approximate surface area is 128 Å². The summed E-state index contributed by atoms with van der Waals surface area (Å²) in [5.74, 6) is -0.623. The van der Waals surface area contributed by atoms with Gasteiger partial charge in [0.25, 0.3) is 5.91 Å². The monoisotopic (exact) mass is 354 g/mol. The maximum Gasteiger partial charge on any atom is 0.271 e. The number of carbonyl (C=O) groups is 1. The molecule has 0 saturated heterocycles. The van der Waals surface area contributed by atoms with E-state index < -0.39 is 5.82 Å². The van der Waals surface area contributed by atoms with Crippen LogP contribution in [0.1, 0.15) is 10.5 Å². The second-order valence-corrected chi connectivity index (χ2v) is 5.19. The van der Waals surface area contributed by atoms with Gasteiger partial charge >= 0.3 is 0 Å². The quantitative estimate of drug-likeness (QED) is 0.887. The van der Waals surface area contributed by atoms with Crippen LogP contribution in [0.15, 0.2) is 22.8 Å². The molecule has 0 bridgehead atoms. The molecule has 0 radical (unpaired) electrons. The second kappa shape index (κ2) is 5.36. The molecule has 2 N–H and O–H groups in total. The standard InChI is InChI=1S/C13H12BrFN4O2/c1-21-11-7(15)3-2-4-8(11)17-9-10-13(20)16-5-6-19(10)18-12(9)14/h2-4,17H,5-6H2,1H3,(H,16,20). The van der Waals surface area contributed by atoms with E-state index >= 15 is 0 Å². The highest BCUT2D eigenvalue weighted by Gasteiger charge is 2.26. The van der Waals surface area contributed by atoms with Crippen LogP contribution in [-0.4, -0.2) is 29.3 Å². The van der Waals surface area contributed by atoms with Gasteiger partial charge in [-0.2, -0.15) is 5.10 Å². The molecular weight excluding hydrogens is 343 g/mol. The molecule has 3 rings (SSSR count). The van der Waals surface area contributed by atoms with E-state index in [1.165, 1.54) is 13.2 Å². The number of fused-ring (bicyclic) bond motifs is 1. The maximum atomic E-state index is 13.7. The molecule has 110 valence electrons. The lowest BCUT2D eigenvalue weighted by Crippen LogP contribution is -2.35. The summed E-state index contributed by atoms with van der Waals surface area (Å²) in [6, 6.07) is 4.53. The Balaban J connectivity index is 2.05. The summed E-state index contributed by atoms with van der Waals surface area (Å²) in [5.41, 5.74) is 1.31. The van der Waals surface area contributed by atoms with Crippen molar-refractivity contribution in [3.63, 3.8) is 0 Å².